The number of nitrogens with zero attached hydrogens (tertiary/aromatic N) is 3. The van der Waals surface area contributed by atoms with Crippen molar-refractivity contribution in [3.8, 4) is 22.8 Å². The summed E-state index contributed by atoms with van der Waals surface area (Å²) in [5, 5.41) is 12.1. The van der Waals surface area contributed by atoms with Crippen LogP contribution in [0.4, 0.5) is 0 Å². The third kappa shape index (κ3) is 3.88. The lowest BCUT2D eigenvalue weighted by Gasteiger charge is -2.12. The number of benzene rings is 2. The van der Waals surface area contributed by atoms with Gasteiger partial charge in [0.05, 0.1) is 18.4 Å². The molecule has 0 aliphatic carbocycles. The molecule has 0 spiro atoms. The number of thioether (sulfide) groups is 1. The Labute approximate surface area is 156 Å². The fourth-order valence-corrected chi connectivity index (χ4v) is 3.34. The van der Waals surface area contributed by atoms with Crippen LogP contribution in [0.15, 0.2) is 59.8 Å². The molecule has 0 saturated carbocycles. The van der Waals surface area contributed by atoms with Crippen LogP contribution < -0.4 is 10.1 Å². The van der Waals surface area contributed by atoms with Gasteiger partial charge in [-0.15, -0.1) is 10.2 Å². The van der Waals surface area contributed by atoms with Gasteiger partial charge in [-0.2, -0.15) is 0 Å². The van der Waals surface area contributed by atoms with Crippen molar-refractivity contribution in [3.05, 3.63) is 54.6 Å². The predicted octanol–water partition coefficient (Wildman–Crippen LogP) is 3.17. The highest BCUT2D eigenvalue weighted by molar-refractivity contribution is 7.99. The van der Waals surface area contributed by atoms with E-state index in [0.29, 0.717) is 17.5 Å². The van der Waals surface area contributed by atoms with Crippen LogP contribution in [0.2, 0.25) is 0 Å². The van der Waals surface area contributed by atoms with E-state index in [0.717, 1.165) is 17.0 Å². The van der Waals surface area contributed by atoms with E-state index in [1.54, 1.807) is 7.11 Å². The molecule has 0 bridgehead atoms. The van der Waals surface area contributed by atoms with E-state index in [2.05, 4.69) is 15.5 Å². The molecule has 1 aromatic heterocycles. The van der Waals surface area contributed by atoms with Crippen molar-refractivity contribution < 1.29 is 9.53 Å². The van der Waals surface area contributed by atoms with E-state index in [1.807, 2.05) is 66.1 Å². The summed E-state index contributed by atoms with van der Waals surface area (Å²) < 4.78 is 7.42. The highest BCUT2D eigenvalue weighted by Gasteiger charge is 2.19. The molecule has 1 heterocycles. The second kappa shape index (κ2) is 8.53. The topological polar surface area (TPSA) is 69.0 Å². The minimum absolute atomic E-state index is 0.0287. The molecular weight excluding hydrogens is 348 g/mol. The minimum Gasteiger partial charge on any atom is -0.496 e. The van der Waals surface area contributed by atoms with Crippen LogP contribution in [-0.4, -0.2) is 40.1 Å². The van der Waals surface area contributed by atoms with E-state index in [9.17, 15) is 4.79 Å². The van der Waals surface area contributed by atoms with Gasteiger partial charge >= 0.3 is 0 Å². The highest BCUT2D eigenvalue weighted by Crippen LogP contribution is 2.33. The van der Waals surface area contributed by atoms with Gasteiger partial charge in [-0.05, 0) is 31.2 Å². The Bertz CT molecular complexity index is 880. The molecule has 0 atom stereocenters. The van der Waals surface area contributed by atoms with Crippen molar-refractivity contribution in [3.63, 3.8) is 0 Å². The molecule has 0 saturated heterocycles. The molecule has 3 rings (SSSR count). The molecule has 7 heteroatoms. The maximum Gasteiger partial charge on any atom is 0.230 e. The summed E-state index contributed by atoms with van der Waals surface area (Å²) in [7, 11) is 1.63. The number of ether oxygens (including phenoxy) is 1. The van der Waals surface area contributed by atoms with Crippen molar-refractivity contribution >= 4 is 17.7 Å². The fourth-order valence-electron chi connectivity index (χ4n) is 2.56. The Hall–Kier alpha value is -2.80. The van der Waals surface area contributed by atoms with Gasteiger partial charge in [0.1, 0.15) is 5.75 Å². The van der Waals surface area contributed by atoms with Gasteiger partial charge in [0.2, 0.25) is 5.91 Å². The van der Waals surface area contributed by atoms with Crippen LogP contribution in [0.25, 0.3) is 17.1 Å². The lowest BCUT2D eigenvalue weighted by atomic mass is 10.2. The fraction of sp³-hybridized carbons (Fsp3) is 0.211. The summed E-state index contributed by atoms with van der Waals surface area (Å²) in [6.07, 6.45) is 0. The molecule has 6 nitrogen and oxygen atoms in total. The lowest BCUT2D eigenvalue weighted by molar-refractivity contribution is -0.118. The van der Waals surface area contributed by atoms with Crippen LogP contribution in [0.3, 0.4) is 0 Å². The Morgan fingerprint density at radius 3 is 2.58 bits per heavy atom. The zero-order valence-electron chi connectivity index (χ0n) is 14.7. The maximum atomic E-state index is 11.8. The average molecular weight is 368 g/mol. The van der Waals surface area contributed by atoms with E-state index in [4.69, 9.17) is 4.74 Å². The Kier molecular flexibility index (Phi) is 5.91. The molecule has 1 amide bonds. The molecule has 0 aliphatic rings. The Morgan fingerprint density at radius 2 is 1.85 bits per heavy atom. The van der Waals surface area contributed by atoms with Crippen molar-refractivity contribution in [1.82, 2.24) is 20.1 Å². The summed E-state index contributed by atoms with van der Waals surface area (Å²) in [5.74, 6) is 1.65. The molecule has 0 aliphatic heterocycles. The largest absolute Gasteiger partial charge is 0.496 e. The number of methoxy groups -OCH3 is 1. The summed E-state index contributed by atoms with van der Waals surface area (Å²) in [6.45, 7) is 2.51. The van der Waals surface area contributed by atoms with Crippen molar-refractivity contribution in [2.24, 2.45) is 0 Å². The monoisotopic (exact) mass is 368 g/mol. The number of hydrogen-bond acceptors (Lipinski definition) is 5. The SMILES string of the molecule is CCNC(=O)CSc1nnc(-c2ccccc2OC)n1-c1ccccc1. The first kappa shape index (κ1) is 18.0. The molecule has 0 unspecified atom stereocenters. The number of carbonyl (C=O) groups excluding carboxylic acids is 1. The van der Waals surface area contributed by atoms with Gasteiger partial charge in [0.25, 0.3) is 0 Å². The first-order valence-electron chi connectivity index (χ1n) is 8.28. The highest BCUT2D eigenvalue weighted by atomic mass is 32.2. The van der Waals surface area contributed by atoms with E-state index >= 15 is 0 Å². The van der Waals surface area contributed by atoms with Gasteiger partial charge in [-0.1, -0.05) is 42.1 Å². The van der Waals surface area contributed by atoms with Gasteiger partial charge in [0.15, 0.2) is 11.0 Å². The smallest absolute Gasteiger partial charge is 0.230 e. The standard InChI is InChI=1S/C19H20N4O2S/c1-3-20-17(24)13-26-19-22-21-18(15-11-7-8-12-16(15)25-2)23(19)14-9-5-4-6-10-14/h4-12H,3,13H2,1-2H3,(H,20,24). The Balaban J connectivity index is 2.04. The van der Waals surface area contributed by atoms with Gasteiger partial charge in [-0.3, -0.25) is 9.36 Å². The number of rotatable bonds is 7. The number of nitrogens with one attached hydrogen (secondary N) is 1. The normalized spacial score (nSPS) is 10.5. The van der Waals surface area contributed by atoms with E-state index < -0.39 is 0 Å². The first-order chi connectivity index (χ1) is 12.7. The van der Waals surface area contributed by atoms with Gasteiger partial charge in [-0.25, -0.2) is 0 Å². The maximum absolute atomic E-state index is 11.8. The molecule has 0 radical (unpaired) electrons. The van der Waals surface area contributed by atoms with E-state index in [-0.39, 0.29) is 11.7 Å². The number of para-hydroxylation sites is 2. The second-order valence-electron chi connectivity index (χ2n) is 5.42. The molecule has 26 heavy (non-hydrogen) atoms. The lowest BCUT2D eigenvalue weighted by Crippen LogP contribution is -2.24. The molecule has 1 N–H and O–H groups in total. The summed E-state index contributed by atoms with van der Waals surface area (Å²) >= 11 is 1.36. The quantitative estimate of drug-likeness (QED) is 0.649. The van der Waals surface area contributed by atoms with Gasteiger partial charge in [0, 0.05) is 12.2 Å². The van der Waals surface area contributed by atoms with Crippen LogP contribution in [0, 0.1) is 0 Å². The summed E-state index contributed by atoms with van der Waals surface area (Å²) in [6, 6.07) is 17.5. The zero-order chi connectivity index (χ0) is 18.4. The molecular formula is C19H20N4O2S. The third-order valence-corrected chi connectivity index (χ3v) is 4.63. The predicted molar refractivity (Wildman–Crippen MR) is 103 cm³/mol. The van der Waals surface area contributed by atoms with Crippen LogP contribution in [0.5, 0.6) is 5.75 Å². The average Bonchev–Trinajstić information content (AvgIpc) is 3.11. The number of aromatic nitrogens is 3. The minimum atomic E-state index is -0.0287. The van der Waals surface area contributed by atoms with Crippen molar-refractivity contribution in [2.45, 2.75) is 12.1 Å². The molecule has 2 aromatic carbocycles. The second-order valence-corrected chi connectivity index (χ2v) is 6.36. The van der Waals surface area contributed by atoms with Crippen LogP contribution >= 0.6 is 11.8 Å². The molecule has 134 valence electrons. The van der Waals surface area contributed by atoms with Gasteiger partial charge < -0.3 is 10.1 Å². The van der Waals surface area contributed by atoms with Crippen molar-refractivity contribution in [2.75, 3.05) is 19.4 Å². The molecule has 0 fully saturated rings. The first-order valence-corrected chi connectivity index (χ1v) is 9.27. The van der Waals surface area contributed by atoms with Crippen LogP contribution in [-0.2, 0) is 4.79 Å². The van der Waals surface area contributed by atoms with Crippen LogP contribution in [0.1, 0.15) is 6.92 Å². The summed E-state index contributed by atoms with van der Waals surface area (Å²) in [4.78, 5) is 11.8. The molecule has 3 aromatic rings. The third-order valence-electron chi connectivity index (χ3n) is 3.70. The number of hydrogen-bond donors (Lipinski definition) is 1. The van der Waals surface area contributed by atoms with E-state index in [1.165, 1.54) is 11.8 Å². The van der Waals surface area contributed by atoms with Crippen molar-refractivity contribution in [1.29, 1.82) is 0 Å². The Morgan fingerprint density at radius 1 is 1.12 bits per heavy atom. The summed E-state index contributed by atoms with van der Waals surface area (Å²) in [5.41, 5.74) is 1.77. The number of carbonyl (C=O) groups is 1. The number of amides is 1. The zero-order valence-corrected chi connectivity index (χ0v) is 15.5.